The van der Waals surface area contributed by atoms with Gasteiger partial charge in [-0.05, 0) is 38.8 Å². The number of benzene rings is 1. The van der Waals surface area contributed by atoms with Gasteiger partial charge in [0, 0.05) is 12.8 Å². The van der Waals surface area contributed by atoms with Crippen LogP contribution in [0.2, 0.25) is 0 Å². The molecule has 0 aliphatic rings. The molecule has 2 rings (SSSR count). The minimum absolute atomic E-state index is 0.731. The molecule has 0 radical (unpaired) electrons. The maximum Gasteiger partial charge on any atom is 0.226 e. The van der Waals surface area contributed by atoms with Gasteiger partial charge in [-0.15, -0.1) is 0 Å². The molecular formula is C16H23N3O. The van der Waals surface area contributed by atoms with Crippen LogP contribution in [0.1, 0.15) is 47.7 Å². The molecule has 2 N–H and O–H groups in total. The van der Waals surface area contributed by atoms with Crippen molar-refractivity contribution in [3.63, 3.8) is 0 Å². The van der Waals surface area contributed by atoms with E-state index in [1.807, 2.05) is 0 Å². The Morgan fingerprint density at radius 2 is 1.80 bits per heavy atom. The van der Waals surface area contributed by atoms with Crippen molar-refractivity contribution in [1.29, 1.82) is 0 Å². The zero-order valence-electron chi connectivity index (χ0n) is 12.4. The fourth-order valence-electron chi connectivity index (χ4n) is 2.41. The molecule has 1 aromatic heterocycles. The minimum atomic E-state index is 0.731. The van der Waals surface area contributed by atoms with E-state index in [-0.39, 0.29) is 0 Å². The molecule has 108 valence electrons. The number of hydrogen-bond acceptors (Lipinski definition) is 4. The fraction of sp³-hybridized carbons (Fsp3) is 0.500. The van der Waals surface area contributed by atoms with Gasteiger partial charge in [0.2, 0.25) is 5.89 Å². The molecule has 0 aliphatic heterocycles. The number of nitrogens with two attached hydrogens (primary N) is 1. The quantitative estimate of drug-likeness (QED) is 0.788. The molecule has 1 heterocycles. The summed E-state index contributed by atoms with van der Waals surface area (Å²) in [7, 11) is 0. The molecule has 4 nitrogen and oxygen atoms in total. The van der Waals surface area contributed by atoms with E-state index in [1.54, 1.807) is 0 Å². The number of hydrogen-bond donors (Lipinski definition) is 1. The molecule has 0 saturated carbocycles. The number of aromatic nitrogens is 2. The third-order valence-electron chi connectivity index (χ3n) is 3.25. The molecule has 0 fully saturated rings. The maximum absolute atomic E-state index is 5.47. The van der Waals surface area contributed by atoms with Crippen LogP contribution in [0.25, 0.3) is 0 Å². The molecule has 0 spiro atoms. The topological polar surface area (TPSA) is 64.9 Å². The summed E-state index contributed by atoms with van der Waals surface area (Å²) in [5, 5.41) is 4.06. The summed E-state index contributed by atoms with van der Waals surface area (Å²) in [6, 6.07) is 6.51. The van der Waals surface area contributed by atoms with Crippen LogP contribution in [0.3, 0.4) is 0 Å². The third kappa shape index (κ3) is 4.46. The molecule has 0 aliphatic carbocycles. The summed E-state index contributed by atoms with van der Waals surface area (Å²) in [6.45, 7) is 4.97. The molecular weight excluding hydrogens is 250 g/mol. The first-order valence-electron chi connectivity index (χ1n) is 7.26. The fourth-order valence-corrected chi connectivity index (χ4v) is 2.41. The smallest absolute Gasteiger partial charge is 0.226 e. The molecule has 1 aromatic carbocycles. The normalized spacial score (nSPS) is 10.9. The van der Waals surface area contributed by atoms with Gasteiger partial charge < -0.3 is 10.3 Å². The highest BCUT2D eigenvalue weighted by atomic mass is 16.5. The van der Waals surface area contributed by atoms with Gasteiger partial charge in [0.1, 0.15) is 0 Å². The lowest BCUT2D eigenvalue weighted by atomic mass is 10.1. The van der Waals surface area contributed by atoms with Gasteiger partial charge in [0.05, 0.1) is 0 Å². The second-order valence-electron chi connectivity index (χ2n) is 5.38. The number of unbranched alkanes of at least 4 members (excludes halogenated alkanes) is 2. The summed E-state index contributed by atoms with van der Waals surface area (Å²) < 4.78 is 5.29. The van der Waals surface area contributed by atoms with E-state index >= 15 is 0 Å². The summed E-state index contributed by atoms with van der Waals surface area (Å²) in [4.78, 5) is 4.45. The molecule has 0 bridgehead atoms. The van der Waals surface area contributed by atoms with Gasteiger partial charge in [0.25, 0.3) is 0 Å². The molecule has 0 amide bonds. The number of aryl methyl sites for hydroxylation is 3. The van der Waals surface area contributed by atoms with Gasteiger partial charge in [-0.3, -0.25) is 0 Å². The second-order valence-corrected chi connectivity index (χ2v) is 5.38. The standard InChI is InChI=1S/C16H23N3O/c1-12-8-13(2)10-14(9-12)11-15-18-16(20-19-15)6-4-3-5-7-17/h8-10H,3-7,11,17H2,1-2H3. The van der Waals surface area contributed by atoms with Crippen molar-refractivity contribution in [3.8, 4) is 0 Å². The minimum Gasteiger partial charge on any atom is -0.339 e. The van der Waals surface area contributed by atoms with Crippen molar-refractivity contribution in [2.75, 3.05) is 6.54 Å². The van der Waals surface area contributed by atoms with Crippen molar-refractivity contribution < 1.29 is 4.52 Å². The summed E-state index contributed by atoms with van der Waals surface area (Å²) in [5.41, 5.74) is 9.24. The van der Waals surface area contributed by atoms with E-state index < -0.39 is 0 Å². The van der Waals surface area contributed by atoms with Crippen LogP contribution in [-0.4, -0.2) is 16.7 Å². The van der Waals surface area contributed by atoms with Gasteiger partial charge in [0.15, 0.2) is 5.82 Å². The Kier molecular flexibility index (Phi) is 5.30. The second kappa shape index (κ2) is 7.20. The lowest BCUT2D eigenvalue weighted by Crippen LogP contribution is -1.98. The zero-order chi connectivity index (χ0) is 14.4. The van der Waals surface area contributed by atoms with Crippen LogP contribution in [0.15, 0.2) is 22.7 Å². The Bertz CT molecular complexity index is 528. The van der Waals surface area contributed by atoms with Crippen molar-refractivity contribution in [3.05, 3.63) is 46.6 Å². The van der Waals surface area contributed by atoms with Gasteiger partial charge >= 0.3 is 0 Å². The van der Waals surface area contributed by atoms with Crippen molar-refractivity contribution in [2.45, 2.75) is 46.0 Å². The van der Waals surface area contributed by atoms with Crippen LogP contribution in [0, 0.1) is 13.8 Å². The predicted molar refractivity (Wildman–Crippen MR) is 79.6 cm³/mol. The Labute approximate surface area is 120 Å². The van der Waals surface area contributed by atoms with Gasteiger partial charge in [-0.1, -0.05) is 40.9 Å². The first kappa shape index (κ1) is 14.7. The molecule has 4 heteroatoms. The largest absolute Gasteiger partial charge is 0.339 e. The van der Waals surface area contributed by atoms with Gasteiger partial charge in [-0.2, -0.15) is 4.98 Å². The highest BCUT2D eigenvalue weighted by Gasteiger charge is 2.07. The summed E-state index contributed by atoms with van der Waals surface area (Å²) in [5.74, 6) is 1.50. The SMILES string of the molecule is Cc1cc(C)cc(Cc2noc(CCCCCN)n2)c1. The Morgan fingerprint density at radius 3 is 2.50 bits per heavy atom. The first-order chi connectivity index (χ1) is 9.67. The monoisotopic (exact) mass is 273 g/mol. The summed E-state index contributed by atoms with van der Waals surface area (Å²) in [6.07, 6.45) is 4.81. The first-order valence-corrected chi connectivity index (χ1v) is 7.26. The van der Waals surface area contributed by atoms with Crippen molar-refractivity contribution in [1.82, 2.24) is 10.1 Å². The summed E-state index contributed by atoms with van der Waals surface area (Å²) >= 11 is 0. The lowest BCUT2D eigenvalue weighted by Gasteiger charge is -2.01. The molecule has 20 heavy (non-hydrogen) atoms. The molecule has 2 aromatic rings. The van der Waals surface area contributed by atoms with Crippen molar-refractivity contribution in [2.24, 2.45) is 5.73 Å². The van der Waals surface area contributed by atoms with E-state index in [0.717, 1.165) is 50.4 Å². The van der Waals surface area contributed by atoms with Crippen LogP contribution < -0.4 is 5.73 Å². The van der Waals surface area contributed by atoms with Crippen LogP contribution in [0.4, 0.5) is 0 Å². The van der Waals surface area contributed by atoms with E-state index in [2.05, 4.69) is 42.2 Å². The van der Waals surface area contributed by atoms with Crippen LogP contribution in [-0.2, 0) is 12.8 Å². The van der Waals surface area contributed by atoms with Crippen LogP contribution >= 0.6 is 0 Å². The zero-order valence-corrected chi connectivity index (χ0v) is 12.4. The Balaban J connectivity index is 1.92. The maximum atomic E-state index is 5.47. The number of nitrogens with zero attached hydrogens (tertiary/aromatic N) is 2. The van der Waals surface area contributed by atoms with E-state index in [1.165, 1.54) is 16.7 Å². The Hall–Kier alpha value is -1.68. The average Bonchev–Trinajstić information content (AvgIpc) is 2.81. The van der Waals surface area contributed by atoms with Crippen LogP contribution in [0.5, 0.6) is 0 Å². The van der Waals surface area contributed by atoms with E-state index in [0.29, 0.717) is 0 Å². The number of rotatable bonds is 7. The molecule has 0 atom stereocenters. The average molecular weight is 273 g/mol. The van der Waals surface area contributed by atoms with E-state index in [9.17, 15) is 0 Å². The highest BCUT2D eigenvalue weighted by Crippen LogP contribution is 2.13. The predicted octanol–water partition coefficient (Wildman–Crippen LogP) is 2.95. The molecule has 0 unspecified atom stereocenters. The Morgan fingerprint density at radius 1 is 1.05 bits per heavy atom. The lowest BCUT2D eigenvalue weighted by molar-refractivity contribution is 0.369. The van der Waals surface area contributed by atoms with Crippen molar-refractivity contribution >= 4 is 0 Å². The van der Waals surface area contributed by atoms with Gasteiger partial charge in [-0.25, -0.2) is 0 Å². The third-order valence-corrected chi connectivity index (χ3v) is 3.25. The molecule has 0 saturated heterocycles. The highest BCUT2D eigenvalue weighted by molar-refractivity contribution is 5.30. The van der Waals surface area contributed by atoms with E-state index in [4.69, 9.17) is 10.3 Å².